The van der Waals surface area contributed by atoms with Crippen LogP contribution < -0.4 is 0 Å². The summed E-state index contributed by atoms with van der Waals surface area (Å²) in [5, 5.41) is 9.07. The summed E-state index contributed by atoms with van der Waals surface area (Å²) in [4.78, 5) is 17.1. The van der Waals surface area contributed by atoms with Crippen LogP contribution in [0.15, 0.2) is 12.5 Å². The number of hydrogen-bond donors (Lipinski definition) is 1. The molecule has 0 aliphatic carbocycles. The molecule has 1 atom stereocenters. The summed E-state index contributed by atoms with van der Waals surface area (Å²) < 4.78 is 2.05. The number of likely N-dealkylation sites (tertiary alicyclic amines) is 1. The number of aromatic nitrogens is 2. The molecule has 1 saturated heterocycles. The van der Waals surface area contributed by atoms with E-state index in [4.69, 9.17) is 5.11 Å². The molecular formula is C11H17N3O2. The third-order valence-corrected chi connectivity index (χ3v) is 3.15. The second kappa shape index (κ2) is 4.65. The summed E-state index contributed by atoms with van der Waals surface area (Å²) in [5.41, 5.74) is 1.09. The number of rotatable bonds is 4. The lowest BCUT2D eigenvalue weighted by Gasteiger charge is -2.21. The Morgan fingerprint density at radius 2 is 2.50 bits per heavy atom. The number of nitrogens with zero attached hydrogens (tertiary/aromatic N) is 3. The number of aryl methyl sites for hydroxylation is 1. The number of aliphatic carboxylic acids is 1. The Morgan fingerprint density at radius 3 is 3.19 bits per heavy atom. The van der Waals surface area contributed by atoms with E-state index in [0.29, 0.717) is 6.54 Å². The van der Waals surface area contributed by atoms with Crippen molar-refractivity contribution in [1.29, 1.82) is 0 Å². The smallest absolute Gasteiger partial charge is 0.320 e. The Balaban J connectivity index is 2.06. The van der Waals surface area contributed by atoms with Crippen LogP contribution in [-0.2, 0) is 17.9 Å². The first-order valence-corrected chi connectivity index (χ1v) is 5.68. The third kappa shape index (κ3) is 2.09. The summed E-state index contributed by atoms with van der Waals surface area (Å²) >= 11 is 0. The van der Waals surface area contributed by atoms with Crippen molar-refractivity contribution in [3.8, 4) is 0 Å². The maximum absolute atomic E-state index is 11.0. The van der Waals surface area contributed by atoms with Gasteiger partial charge in [0.05, 0.1) is 12.0 Å². The van der Waals surface area contributed by atoms with E-state index < -0.39 is 5.97 Å². The minimum absolute atomic E-state index is 0.319. The highest BCUT2D eigenvalue weighted by molar-refractivity contribution is 5.73. The van der Waals surface area contributed by atoms with Crippen molar-refractivity contribution in [1.82, 2.24) is 14.5 Å². The summed E-state index contributed by atoms with van der Waals surface area (Å²) in [5.74, 6) is -0.708. The first-order valence-electron chi connectivity index (χ1n) is 5.68. The fourth-order valence-electron chi connectivity index (χ4n) is 2.27. The van der Waals surface area contributed by atoms with E-state index in [1.807, 2.05) is 11.1 Å². The molecule has 0 saturated carbocycles. The monoisotopic (exact) mass is 223 g/mol. The van der Waals surface area contributed by atoms with Crippen LogP contribution in [0.4, 0.5) is 0 Å². The van der Waals surface area contributed by atoms with Gasteiger partial charge in [-0.2, -0.15) is 0 Å². The topological polar surface area (TPSA) is 58.4 Å². The first kappa shape index (κ1) is 11.1. The average Bonchev–Trinajstić information content (AvgIpc) is 2.86. The van der Waals surface area contributed by atoms with Crippen molar-refractivity contribution in [3.05, 3.63) is 18.2 Å². The average molecular weight is 223 g/mol. The predicted octanol–water partition coefficient (Wildman–Crippen LogP) is 0.952. The molecule has 1 N–H and O–H groups in total. The highest BCUT2D eigenvalue weighted by atomic mass is 16.4. The van der Waals surface area contributed by atoms with Gasteiger partial charge in [-0.1, -0.05) is 0 Å². The number of carbonyl (C=O) groups is 1. The Bertz CT molecular complexity index is 375. The van der Waals surface area contributed by atoms with E-state index in [9.17, 15) is 4.79 Å². The molecule has 1 aliphatic rings. The Morgan fingerprint density at radius 1 is 1.69 bits per heavy atom. The largest absolute Gasteiger partial charge is 0.480 e. The van der Waals surface area contributed by atoms with Gasteiger partial charge in [-0.05, 0) is 26.3 Å². The van der Waals surface area contributed by atoms with Crippen LogP contribution in [0.1, 0.15) is 25.5 Å². The molecular weight excluding hydrogens is 206 g/mol. The van der Waals surface area contributed by atoms with Crippen LogP contribution >= 0.6 is 0 Å². The molecule has 16 heavy (non-hydrogen) atoms. The molecule has 1 aromatic heterocycles. The molecule has 1 aromatic rings. The minimum Gasteiger partial charge on any atom is -0.480 e. The summed E-state index contributed by atoms with van der Waals surface area (Å²) in [6.07, 6.45) is 5.34. The zero-order chi connectivity index (χ0) is 11.5. The van der Waals surface area contributed by atoms with E-state index in [-0.39, 0.29) is 6.04 Å². The van der Waals surface area contributed by atoms with Gasteiger partial charge in [0.15, 0.2) is 0 Å². The van der Waals surface area contributed by atoms with Crippen molar-refractivity contribution < 1.29 is 9.90 Å². The fraction of sp³-hybridized carbons (Fsp3) is 0.636. The van der Waals surface area contributed by atoms with E-state index >= 15 is 0 Å². The second-order valence-electron chi connectivity index (χ2n) is 4.14. The van der Waals surface area contributed by atoms with Crippen molar-refractivity contribution >= 4 is 5.97 Å². The predicted molar refractivity (Wildman–Crippen MR) is 59.0 cm³/mol. The fourth-order valence-corrected chi connectivity index (χ4v) is 2.27. The Labute approximate surface area is 94.7 Å². The van der Waals surface area contributed by atoms with Crippen LogP contribution in [-0.4, -0.2) is 38.1 Å². The number of imidazole rings is 1. The maximum Gasteiger partial charge on any atom is 0.320 e. The quantitative estimate of drug-likeness (QED) is 0.825. The maximum atomic E-state index is 11.0. The third-order valence-electron chi connectivity index (χ3n) is 3.15. The van der Waals surface area contributed by atoms with Crippen LogP contribution in [0.3, 0.4) is 0 Å². The molecule has 0 radical (unpaired) electrons. The highest BCUT2D eigenvalue weighted by Crippen LogP contribution is 2.20. The number of carboxylic acids is 1. The molecule has 0 amide bonds. The second-order valence-corrected chi connectivity index (χ2v) is 4.14. The zero-order valence-electron chi connectivity index (χ0n) is 9.46. The van der Waals surface area contributed by atoms with E-state index in [1.165, 1.54) is 0 Å². The number of hydrogen-bond acceptors (Lipinski definition) is 3. The van der Waals surface area contributed by atoms with Gasteiger partial charge < -0.3 is 9.67 Å². The molecule has 0 spiro atoms. The van der Waals surface area contributed by atoms with Crippen molar-refractivity contribution in [2.75, 3.05) is 6.54 Å². The van der Waals surface area contributed by atoms with Crippen LogP contribution in [0, 0.1) is 0 Å². The molecule has 1 fully saturated rings. The van der Waals surface area contributed by atoms with Gasteiger partial charge in [0.1, 0.15) is 6.04 Å². The minimum atomic E-state index is -0.708. The summed E-state index contributed by atoms with van der Waals surface area (Å²) in [7, 11) is 0. The standard InChI is InChI=1S/C11H17N3O2/c1-2-13-8-12-6-9(13)7-14-5-3-4-10(14)11(15)16/h6,8,10H,2-5,7H2,1H3,(H,15,16). The van der Waals surface area contributed by atoms with Crippen molar-refractivity contribution in [2.45, 2.75) is 38.9 Å². The lowest BCUT2D eigenvalue weighted by Crippen LogP contribution is -2.35. The van der Waals surface area contributed by atoms with Gasteiger partial charge in [-0.3, -0.25) is 9.69 Å². The molecule has 88 valence electrons. The van der Waals surface area contributed by atoms with Gasteiger partial charge >= 0.3 is 5.97 Å². The van der Waals surface area contributed by atoms with Gasteiger partial charge in [0.2, 0.25) is 0 Å². The lowest BCUT2D eigenvalue weighted by atomic mass is 10.2. The van der Waals surface area contributed by atoms with E-state index in [0.717, 1.165) is 31.6 Å². The molecule has 0 bridgehead atoms. The Kier molecular flexibility index (Phi) is 3.24. The lowest BCUT2D eigenvalue weighted by molar-refractivity contribution is -0.142. The van der Waals surface area contributed by atoms with Gasteiger partial charge in [0.25, 0.3) is 0 Å². The summed E-state index contributed by atoms with van der Waals surface area (Å²) in [6.45, 7) is 4.49. The van der Waals surface area contributed by atoms with Crippen molar-refractivity contribution in [2.24, 2.45) is 0 Å². The normalized spacial score (nSPS) is 21.4. The van der Waals surface area contributed by atoms with E-state index in [2.05, 4.69) is 16.5 Å². The van der Waals surface area contributed by atoms with Gasteiger partial charge in [-0.15, -0.1) is 0 Å². The first-order chi connectivity index (χ1) is 7.72. The molecule has 5 heteroatoms. The molecule has 1 aliphatic heterocycles. The highest BCUT2D eigenvalue weighted by Gasteiger charge is 2.30. The molecule has 2 heterocycles. The van der Waals surface area contributed by atoms with Crippen LogP contribution in [0.25, 0.3) is 0 Å². The SMILES string of the molecule is CCn1cncc1CN1CCCC1C(=O)O. The van der Waals surface area contributed by atoms with Gasteiger partial charge in [0, 0.05) is 19.3 Å². The number of carboxylic acid groups (broad SMARTS) is 1. The summed E-state index contributed by atoms with van der Waals surface area (Å²) in [6, 6.07) is -0.319. The van der Waals surface area contributed by atoms with Crippen LogP contribution in [0.2, 0.25) is 0 Å². The van der Waals surface area contributed by atoms with Gasteiger partial charge in [-0.25, -0.2) is 4.98 Å². The molecule has 5 nitrogen and oxygen atoms in total. The molecule has 1 unspecified atom stereocenters. The molecule has 2 rings (SSSR count). The van der Waals surface area contributed by atoms with Crippen LogP contribution in [0.5, 0.6) is 0 Å². The Hall–Kier alpha value is -1.36. The zero-order valence-corrected chi connectivity index (χ0v) is 9.46. The van der Waals surface area contributed by atoms with E-state index in [1.54, 1.807) is 6.33 Å². The molecule has 0 aromatic carbocycles. The van der Waals surface area contributed by atoms with Crippen molar-refractivity contribution in [3.63, 3.8) is 0 Å².